The molecule has 0 aliphatic heterocycles. The first-order chi connectivity index (χ1) is 36.0. The summed E-state index contributed by atoms with van der Waals surface area (Å²) in [7, 11) is 0. The fourth-order valence-corrected chi connectivity index (χ4v) is 13.0. The molecule has 0 radical (unpaired) electrons. The number of rotatable bonds is 7. The molecule has 3 nitrogen and oxygen atoms in total. The first-order valence-corrected chi connectivity index (χ1v) is 25.4. The van der Waals surface area contributed by atoms with Crippen LogP contribution in [0.15, 0.2) is 259 Å². The number of hydrogen-bond acceptors (Lipinski definition) is 2. The Morgan fingerprint density at radius 3 is 1.81 bits per heavy atom. The van der Waals surface area contributed by atoms with E-state index in [-0.39, 0.29) is 5.41 Å². The van der Waals surface area contributed by atoms with Crippen LogP contribution in [-0.4, -0.2) is 4.57 Å². The van der Waals surface area contributed by atoms with Gasteiger partial charge < -0.3 is 13.9 Å². The van der Waals surface area contributed by atoms with E-state index in [0.717, 1.165) is 61.3 Å². The number of para-hydroxylation sites is 3. The summed E-state index contributed by atoms with van der Waals surface area (Å²) in [5.74, 6) is 0. The van der Waals surface area contributed by atoms with Crippen molar-refractivity contribution in [1.29, 1.82) is 0 Å². The minimum Gasteiger partial charge on any atom is -0.456 e. The summed E-state index contributed by atoms with van der Waals surface area (Å²) in [5, 5.41) is 4.68. The van der Waals surface area contributed by atoms with Gasteiger partial charge in [-0.1, -0.05) is 196 Å². The largest absolute Gasteiger partial charge is 0.456 e. The minimum absolute atomic E-state index is 0.140. The van der Waals surface area contributed by atoms with Gasteiger partial charge in [0.25, 0.3) is 0 Å². The molecule has 13 aromatic rings. The van der Waals surface area contributed by atoms with Gasteiger partial charge in [0.15, 0.2) is 0 Å². The molecule has 0 N–H and O–H groups in total. The molecule has 2 aromatic heterocycles. The van der Waals surface area contributed by atoms with Crippen LogP contribution in [-0.2, 0) is 10.8 Å². The van der Waals surface area contributed by atoms with Crippen molar-refractivity contribution in [2.24, 2.45) is 0 Å². The highest BCUT2D eigenvalue weighted by molar-refractivity contribution is 6.11. The second-order valence-corrected chi connectivity index (χ2v) is 20.4. The normalized spacial score (nSPS) is 15.2. The maximum absolute atomic E-state index is 6.30. The SMILES string of the molecule is CC1(C)c2ccccc2-c2ccc(N(c3ccccc3)c3ccc4c5ccccc5n(-c5cccc6c5C(c5ccccc5)(c5cccc(-c7ccc8oc9ccccc9c8c7)c5)c5ccccc5-6)c4c3)cc21. The summed E-state index contributed by atoms with van der Waals surface area (Å²) >= 11 is 0. The number of furan rings is 1. The standard InChI is InChI=1S/C70H48N2O/c1-69(2)60-30-13-9-25-52(60)54-38-36-50(43-62(54)69)71(49-23-7-4-8-24-49)51-37-39-56-55-27-11-15-32-63(55)72(65(56)44-51)64-33-18-29-58-53-26-10-14-31-61(53)70(68(58)64,47-20-5-3-6-21-47)48-22-17-19-45(41-48)46-35-40-67-59(42-46)57-28-12-16-34-66(57)73-67/h3-44H,1-2H3. The number of fused-ring (bicyclic) bond motifs is 12. The molecule has 3 heteroatoms. The first kappa shape index (κ1) is 41.6. The topological polar surface area (TPSA) is 21.3 Å². The van der Waals surface area contributed by atoms with Crippen LogP contribution in [0.2, 0.25) is 0 Å². The van der Waals surface area contributed by atoms with Gasteiger partial charge >= 0.3 is 0 Å². The van der Waals surface area contributed by atoms with Gasteiger partial charge in [-0.05, 0) is 134 Å². The van der Waals surface area contributed by atoms with Gasteiger partial charge in [0.1, 0.15) is 11.2 Å². The van der Waals surface area contributed by atoms with E-state index in [1.54, 1.807) is 0 Å². The third kappa shape index (κ3) is 5.94. The maximum Gasteiger partial charge on any atom is 0.135 e. The summed E-state index contributed by atoms with van der Waals surface area (Å²) in [6, 6.07) is 94.4. The predicted octanol–water partition coefficient (Wildman–Crippen LogP) is 18.5. The van der Waals surface area contributed by atoms with Crippen molar-refractivity contribution in [2.45, 2.75) is 24.7 Å². The maximum atomic E-state index is 6.30. The van der Waals surface area contributed by atoms with Crippen LogP contribution in [0.25, 0.3) is 82.8 Å². The van der Waals surface area contributed by atoms with E-state index in [1.165, 1.54) is 71.9 Å². The van der Waals surface area contributed by atoms with Crippen LogP contribution in [0, 0.1) is 0 Å². The Morgan fingerprint density at radius 2 is 0.959 bits per heavy atom. The third-order valence-corrected chi connectivity index (χ3v) is 16.2. The van der Waals surface area contributed by atoms with Gasteiger partial charge in [-0.15, -0.1) is 0 Å². The number of nitrogens with zero attached hydrogens (tertiary/aromatic N) is 2. The molecule has 15 rings (SSSR count). The summed E-state index contributed by atoms with van der Waals surface area (Å²) in [5.41, 5.74) is 22.9. The Balaban J connectivity index is 0.980. The number of aromatic nitrogens is 1. The fraction of sp³-hybridized carbons (Fsp3) is 0.0571. The highest BCUT2D eigenvalue weighted by Crippen LogP contribution is 2.59. The first-order valence-electron chi connectivity index (χ1n) is 25.4. The van der Waals surface area contributed by atoms with Gasteiger partial charge in [0.05, 0.1) is 22.1 Å². The van der Waals surface area contributed by atoms with Crippen molar-refractivity contribution >= 4 is 60.8 Å². The zero-order chi connectivity index (χ0) is 48.4. The van der Waals surface area contributed by atoms with Gasteiger partial charge in [-0.25, -0.2) is 0 Å². The summed E-state index contributed by atoms with van der Waals surface area (Å²) < 4.78 is 8.86. The molecule has 11 aromatic carbocycles. The number of benzene rings is 11. The summed E-state index contributed by atoms with van der Waals surface area (Å²) in [4.78, 5) is 2.44. The smallest absolute Gasteiger partial charge is 0.135 e. The molecule has 2 heterocycles. The molecular formula is C70H48N2O. The lowest BCUT2D eigenvalue weighted by Crippen LogP contribution is -2.30. The molecule has 0 fully saturated rings. The zero-order valence-electron chi connectivity index (χ0n) is 40.6. The molecule has 73 heavy (non-hydrogen) atoms. The van der Waals surface area contributed by atoms with Crippen molar-refractivity contribution in [3.63, 3.8) is 0 Å². The lowest BCUT2D eigenvalue weighted by molar-refractivity contribution is 0.660. The molecule has 344 valence electrons. The quantitative estimate of drug-likeness (QED) is 0.159. The number of hydrogen-bond donors (Lipinski definition) is 0. The van der Waals surface area contributed by atoms with E-state index in [2.05, 4.69) is 272 Å². The minimum atomic E-state index is -0.688. The van der Waals surface area contributed by atoms with Gasteiger partial charge in [0, 0.05) is 49.6 Å². The summed E-state index contributed by atoms with van der Waals surface area (Å²) in [6.07, 6.45) is 0. The van der Waals surface area contributed by atoms with E-state index in [4.69, 9.17) is 4.42 Å². The lowest BCUT2D eigenvalue weighted by atomic mass is 9.67. The predicted molar refractivity (Wildman–Crippen MR) is 303 cm³/mol. The average Bonchev–Trinajstić information content (AvgIpc) is 4.18. The van der Waals surface area contributed by atoms with Crippen LogP contribution in [0.1, 0.15) is 47.2 Å². The van der Waals surface area contributed by atoms with E-state index in [0.29, 0.717) is 0 Å². The highest BCUT2D eigenvalue weighted by Gasteiger charge is 2.48. The van der Waals surface area contributed by atoms with E-state index >= 15 is 0 Å². The van der Waals surface area contributed by atoms with Crippen LogP contribution >= 0.6 is 0 Å². The second-order valence-electron chi connectivity index (χ2n) is 20.4. The Bertz CT molecular complexity index is 4370. The van der Waals surface area contributed by atoms with Crippen molar-refractivity contribution in [2.75, 3.05) is 4.90 Å². The molecule has 1 unspecified atom stereocenters. The molecule has 1 atom stereocenters. The van der Waals surface area contributed by atoms with Crippen molar-refractivity contribution in [3.8, 4) is 39.1 Å². The van der Waals surface area contributed by atoms with Crippen LogP contribution in [0.4, 0.5) is 17.1 Å². The Morgan fingerprint density at radius 1 is 0.356 bits per heavy atom. The molecular weight excluding hydrogens is 885 g/mol. The Hall–Kier alpha value is -9.18. The second kappa shape index (κ2) is 15.7. The van der Waals surface area contributed by atoms with Crippen molar-refractivity contribution in [3.05, 3.63) is 288 Å². The van der Waals surface area contributed by atoms with E-state index < -0.39 is 5.41 Å². The van der Waals surface area contributed by atoms with Gasteiger partial charge in [-0.2, -0.15) is 0 Å². The average molecular weight is 933 g/mol. The Labute approximate surface area is 424 Å². The van der Waals surface area contributed by atoms with Crippen molar-refractivity contribution in [1.82, 2.24) is 4.57 Å². The molecule has 0 spiro atoms. The molecule has 0 bridgehead atoms. The van der Waals surface area contributed by atoms with Crippen molar-refractivity contribution < 1.29 is 4.42 Å². The zero-order valence-corrected chi connectivity index (χ0v) is 40.6. The molecule has 2 aliphatic carbocycles. The summed E-state index contributed by atoms with van der Waals surface area (Å²) in [6.45, 7) is 4.73. The van der Waals surface area contributed by atoms with E-state index in [1.807, 2.05) is 6.07 Å². The number of anilines is 3. The highest BCUT2D eigenvalue weighted by atomic mass is 16.3. The fourth-order valence-electron chi connectivity index (χ4n) is 13.0. The molecule has 0 saturated heterocycles. The molecule has 2 aliphatic rings. The molecule has 0 saturated carbocycles. The van der Waals surface area contributed by atoms with Crippen LogP contribution in [0.3, 0.4) is 0 Å². The van der Waals surface area contributed by atoms with E-state index in [9.17, 15) is 0 Å². The van der Waals surface area contributed by atoms with Gasteiger partial charge in [0.2, 0.25) is 0 Å². The van der Waals surface area contributed by atoms with Crippen LogP contribution in [0.5, 0.6) is 0 Å². The Kier molecular flexibility index (Phi) is 8.92. The monoisotopic (exact) mass is 932 g/mol. The lowest BCUT2D eigenvalue weighted by Gasteiger charge is -2.35. The van der Waals surface area contributed by atoms with Crippen LogP contribution < -0.4 is 4.90 Å². The third-order valence-electron chi connectivity index (χ3n) is 16.2. The molecule has 0 amide bonds. The van der Waals surface area contributed by atoms with Gasteiger partial charge in [-0.3, -0.25) is 0 Å².